The number of benzene rings is 2. The maximum absolute atomic E-state index is 5.79. The van der Waals surface area contributed by atoms with Crippen LogP contribution in [0.4, 0.5) is 5.69 Å². The third-order valence-electron chi connectivity index (χ3n) is 5.56. The molecule has 2 atom stereocenters. The van der Waals surface area contributed by atoms with Crippen molar-refractivity contribution in [1.29, 1.82) is 0 Å². The van der Waals surface area contributed by atoms with Crippen LogP contribution >= 0.6 is 12.2 Å². The first-order chi connectivity index (χ1) is 15.2. The highest BCUT2D eigenvalue weighted by molar-refractivity contribution is 7.80. The highest BCUT2D eigenvalue weighted by Crippen LogP contribution is 2.42. The van der Waals surface area contributed by atoms with Crippen molar-refractivity contribution in [2.24, 2.45) is 0 Å². The second-order valence-electron chi connectivity index (χ2n) is 7.38. The Morgan fingerprint density at radius 1 is 0.903 bits per heavy atom. The van der Waals surface area contributed by atoms with Crippen molar-refractivity contribution in [3.05, 3.63) is 109 Å². The van der Waals surface area contributed by atoms with Gasteiger partial charge in [0.1, 0.15) is 5.75 Å². The lowest BCUT2D eigenvalue weighted by Gasteiger charge is -2.27. The number of hydrogen-bond acceptors (Lipinski definition) is 3. The SMILES string of the molecule is COc1ccc(N2C(=S)N[C@@H](c3ccccn3)[C@@H]2c2ccn(-c3ccccc3)c2)cc1. The Labute approximate surface area is 186 Å². The van der Waals surface area contributed by atoms with E-state index in [-0.39, 0.29) is 12.1 Å². The zero-order valence-corrected chi connectivity index (χ0v) is 17.9. The van der Waals surface area contributed by atoms with Crippen LogP contribution in [0.25, 0.3) is 5.69 Å². The van der Waals surface area contributed by atoms with E-state index in [4.69, 9.17) is 17.0 Å². The Morgan fingerprint density at radius 3 is 2.39 bits per heavy atom. The highest BCUT2D eigenvalue weighted by Gasteiger charge is 2.41. The average molecular weight is 427 g/mol. The predicted octanol–water partition coefficient (Wildman–Crippen LogP) is 5.06. The number of para-hydroxylation sites is 1. The molecule has 1 aliphatic heterocycles. The maximum atomic E-state index is 5.79. The molecule has 1 fully saturated rings. The Kier molecular flexibility index (Phi) is 5.14. The number of nitrogens with zero attached hydrogens (tertiary/aromatic N) is 3. The highest BCUT2D eigenvalue weighted by atomic mass is 32.1. The summed E-state index contributed by atoms with van der Waals surface area (Å²) in [5, 5.41) is 4.18. The summed E-state index contributed by atoms with van der Waals surface area (Å²) in [6.45, 7) is 0. The molecule has 1 N–H and O–H groups in total. The number of anilines is 1. The van der Waals surface area contributed by atoms with E-state index in [1.54, 1.807) is 7.11 Å². The van der Waals surface area contributed by atoms with E-state index >= 15 is 0 Å². The standard InChI is InChI=1S/C25H22N4OS/c1-30-21-12-10-20(11-13-21)29-24(23(27-25(29)31)22-9-5-6-15-26-22)18-14-16-28(17-18)19-7-3-2-4-8-19/h2-17,23-24H,1H3,(H,27,31)/t23-,24-/m0/s1. The van der Waals surface area contributed by atoms with Crippen LogP contribution in [0.5, 0.6) is 5.75 Å². The van der Waals surface area contributed by atoms with Crippen LogP contribution in [0, 0.1) is 0 Å². The van der Waals surface area contributed by atoms with Gasteiger partial charge in [0.15, 0.2) is 5.11 Å². The van der Waals surface area contributed by atoms with Gasteiger partial charge in [-0.3, -0.25) is 4.98 Å². The van der Waals surface area contributed by atoms with Crippen molar-refractivity contribution in [3.8, 4) is 11.4 Å². The number of thiocarbonyl (C=S) groups is 1. The number of aromatic nitrogens is 2. The Hall–Kier alpha value is -3.64. The summed E-state index contributed by atoms with van der Waals surface area (Å²) in [6, 6.07) is 26.3. The van der Waals surface area contributed by atoms with Gasteiger partial charge in [-0.2, -0.15) is 0 Å². The van der Waals surface area contributed by atoms with Gasteiger partial charge < -0.3 is 19.5 Å². The van der Waals surface area contributed by atoms with E-state index in [0.717, 1.165) is 28.4 Å². The maximum Gasteiger partial charge on any atom is 0.174 e. The van der Waals surface area contributed by atoms with Crippen LogP contribution in [0.1, 0.15) is 23.3 Å². The molecule has 6 heteroatoms. The number of rotatable bonds is 5. The molecule has 0 radical (unpaired) electrons. The smallest absolute Gasteiger partial charge is 0.174 e. The van der Waals surface area contributed by atoms with E-state index in [0.29, 0.717) is 5.11 Å². The van der Waals surface area contributed by atoms with Crippen molar-refractivity contribution >= 4 is 23.0 Å². The second kappa shape index (κ2) is 8.24. The molecule has 2 aromatic heterocycles. The van der Waals surface area contributed by atoms with Crippen LogP contribution in [0.15, 0.2) is 97.5 Å². The summed E-state index contributed by atoms with van der Waals surface area (Å²) < 4.78 is 7.47. The molecule has 3 heterocycles. The first-order valence-corrected chi connectivity index (χ1v) is 10.5. The lowest BCUT2D eigenvalue weighted by atomic mass is 9.98. The van der Waals surface area contributed by atoms with Gasteiger partial charge in [-0.05, 0) is 72.4 Å². The zero-order chi connectivity index (χ0) is 21.2. The summed E-state index contributed by atoms with van der Waals surface area (Å²) in [4.78, 5) is 6.78. The lowest BCUT2D eigenvalue weighted by molar-refractivity contribution is 0.415. The van der Waals surface area contributed by atoms with Gasteiger partial charge >= 0.3 is 0 Å². The van der Waals surface area contributed by atoms with Crippen molar-refractivity contribution < 1.29 is 4.74 Å². The van der Waals surface area contributed by atoms with Crippen LogP contribution in [-0.2, 0) is 0 Å². The molecule has 5 rings (SSSR count). The molecule has 1 aliphatic rings. The Balaban J connectivity index is 1.58. The van der Waals surface area contributed by atoms with Crippen LogP contribution in [0.3, 0.4) is 0 Å². The molecule has 0 spiro atoms. The molecule has 31 heavy (non-hydrogen) atoms. The topological polar surface area (TPSA) is 42.3 Å². The van der Waals surface area contributed by atoms with Crippen molar-refractivity contribution in [2.45, 2.75) is 12.1 Å². The van der Waals surface area contributed by atoms with Gasteiger partial charge in [-0.15, -0.1) is 0 Å². The van der Waals surface area contributed by atoms with Crippen LogP contribution in [0.2, 0.25) is 0 Å². The molecule has 0 aliphatic carbocycles. The normalized spacial score (nSPS) is 18.1. The van der Waals surface area contributed by atoms with Gasteiger partial charge in [0.05, 0.1) is 24.9 Å². The number of hydrogen-bond donors (Lipinski definition) is 1. The van der Waals surface area contributed by atoms with E-state index < -0.39 is 0 Å². The van der Waals surface area contributed by atoms with Gasteiger partial charge in [-0.25, -0.2) is 0 Å². The zero-order valence-electron chi connectivity index (χ0n) is 17.1. The molecule has 5 nitrogen and oxygen atoms in total. The third-order valence-corrected chi connectivity index (χ3v) is 5.87. The van der Waals surface area contributed by atoms with Crippen LogP contribution in [-0.4, -0.2) is 21.8 Å². The first kappa shape index (κ1) is 19.3. The average Bonchev–Trinajstić information content (AvgIpc) is 3.45. The molecule has 2 aromatic carbocycles. The summed E-state index contributed by atoms with van der Waals surface area (Å²) in [5.41, 5.74) is 4.24. The summed E-state index contributed by atoms with van der Waals surface area (Å²) in [5.74, 6) is 0.815. The molecule has 0 bridgehead atoms. The fourth-order valence-corrected chi connectivity index (χ4v) is 4.41. The van der Waals surface area contributed by atoms with Crippen molar-refractivity contribution in [3.63, 3.8) is 0 Å². The van der Waals surface area contributed by atoms with E-state index in [1.807, 2.05) is 66.9 Å². The molecule has 0 saturated carbocycles. The lowest BCUT2D eigenvalue weighted by Crippen LogP contribution is -2.29. The van der Waals surface area contributed by atoms with Crippen molar-refractivity contribution in [1.82, 2.24) is 14.9 Å². The molecule has 0 amide bonds. The largest absolute Gasteiger partial charge is 0.497 e. The number of pyridine rings is 1. The van der Waals surface area contributed by atoms with Gasteiger partial charge in [0.25, 0.3) is 0 Å². The number of methoxy groups -OCH3 is 1. The Bertz CT molecular complexity index is 1180. The van der Waals surface area contributed by atoms with Crippen LogP contribution < -0.4 is 15.0 Å². The molecule has 154 valence electrons. The van der Waals surface area contributed by atoms with E-state index in [1.165, 1.54) is 0 Å². The third kappa shape index (κ3) is 3.66. The van der Waals surface area contributed by atoms with Crippen molar-refractivity contribution in [2.75, 3.05) is 12.0 Å². The number of ether oxygens (including phenoxy) is 1. The van der Waals surface area contributed by atoms with Gasteiger partial charge in [0, 0.05) is 30.0 Å². The van der Waals surface area contributed by atoms with Gasteiger partial charge in [0.2, 0.25) is 0 Å². The minimum absolute atomic E-state index is 0.0410. The predicted molar refractivity (Wildman–Crippen MR) is 127 cm³/mol. The quantitative estimate of drug-likeness (QED) is 0.452. The number of nitrogens with one attached hydrogen (secondary N) is 1. The molecule has 0 unspecified atom stereocenters. The van der Waals surface area contributed by atoms with Gasteiger partial charge in [-0.1, -0.05) is 24.3 Å². The molecule has 4 aromatic rings. The monoisotopic (exact) mass is 426 g/mol. The summed E-state index contributed by atoms with van der Waals surface area (Å²) in [6.07, 6.45) is 6.08. The Morgan fingerprint density at radius 2 is 1.68 bits per heavy atom. The summed E-state index contributed by atoms with van der Waals surface area (Å²) in [7, 11) is 1.67. The first-order valence-electron chi connectivity index (χ1n) is 10.1. The summed E-state index contributed by atoms with van der Waals surface area (Å²) >= 11 is 5.79. The minimum Gasteiger partial charge on any atom is -0.497 e. The molecule has 1 saturated heterocycles. The van der Waals surface area contributed by atoms with E-state index in [2.05, 4.69) is 50.4 Å². The fraction of sp³-hybridized carbons (Fsp3) is 0.120. The second-order valence-corrected chi connectivity index (χ2v) is 7.77. The van der Waals surface area contributed by atoms with E-state index in [9.17, 15) is 0 Å². The fourth-order valence-electron chi connectivity index (χ4n) is 4.06. The molecular formula is C25H22N4OS. The minimum atomic E-state index is -0.0672. The molecular weight excluding hydrogens is 404 g/mol.